The molecule has 0 saturated heterocycles. The number of aromatic nitrogens is 3. The number of fused-ring (bicyclic) bond motifs is 1. The summed E-state index contributed by atoms with van der Waals surface area (Å²) in [7, 11) is 0. The third kappa shape index (κ3) is 8.87. The van der Waals surface area contributed by atoms with Gasteiger partial charge in [-0.25, -0.2) is 4.98 Å². The van der Waals surface area contributed by atoms with Gasteiger partial charge >= 0.3 is 0 Å². The molecule has 2 heterocycles. The largest absolute Gasteiger partial charge is 0.507 e. The number of rotatable bonds is 10. The summed E-state index contributed by atoms with van der Waals surface area (Å²) < 4.78 is 44.4. The molecule has 0 radical (unpaired) electrons. The number of hydrogen-bond donors (Lipinski definition) is 1. The monoisotopic (exact) mass is 917 g/mol. The molecule has 4 heteroatoms. The molecule has 0 aliphatic heterocycles. The lowest BCUT2D eigenvalue weighted by Gasteiger charge is -2.22. The fourth-order valence-corrected chi connectivity index (χ4v) is 9.58. The van der Waals surface area contributed by atoms with E-state index in [0.29, 0.717) is 28.0 Å². The number of para-hydroxylation sites is 1. The minimum atomic E-state index is -2.20. The van der Waals surface area contributed by atoms with E-state index in [1.54, 1.807) is 38.2 Å². The van der Waals surface area contributed by atoms with E-state index in [9.17, 15) is 7.85 Å². The Kier molecular flexibility index (Phi) is 10.6. The van der Waals surface area contributed by atoms with Gasteiger partial charge in [0, 0.05) is 29.7 Å². The van der Waals surface area contributed by atoms with Crippen LogP contribution in [0.4, 0.5) is 0 Å². The van der Waals surface area contributed by atoms with Crippen LogP contribution in [0.5, 0.6) is 5.75 Å². The third-order valence-electron chi connectivity index (χ3n) is 13.5. The first-order valence-electron chi connectivity index (χ1n) is 26.5. The van der Waals surface area contributed by atoms with E-state index >= 15 is 0 Å². The van der Waals surface area contributed by atoms with Gasteiger partial charge in [-0.05, 0) is 152 Å². The highest BCUT2D eigenvalue weighted by molar-refractivity contribution is 5.99. The van der Waals surface area contributed by atoms with Crippen LogP contribution in [0, 0.1) is 13.8 Å². The van der Waals surface area contributed by atoms with Crippen LogP contribution in [0.3, 0.4) is 0 Å². The van der Waals surface area contributed by atoms with E-state index in [0.717, 1.165) is 83.7 Å². The summed E-state index contributed by atoms with van der Waals surface area (Å²) in [5, 5.41) is 12.6. The van der Waals surface area contributed by atoms with Gasteiger partial charge in [0.25, 0.3) is 0 Å². The molecular weight excluding hydrogens is 851 g/mol. The summed E-state index contributed by atoms with van der Waals surface area (Å²) in [5.41, 5.74) is 17.8. The van der Waals surface area contributed by atoms with E-state index < -0.39 is 18.6 Å². The lowest BCUT2D eigenvalue weighted by molar-refractivity contribution is 0.466. The van der Waals surface area contributed by atoms with Crippen LogP contribution in [-0.2, 0) is 5.41 Å². The Hall–Kier alpha value is -7.82. The average molecular weight is 917 g/mol. The zero-order valence-corrected chi connectivity index (χ0v) is 41.2. The first kappa shape index (κ1) is 40.1. The molecule has 0 fully saturated rings. The van der Waals surface area contributed by atoms with E-state index in [-0.39, 0.29) is 16.7 Å². The number of aryl methyl sites for hydroxylation is 2. The van der Waals surface area contributed by atoms with Crippen molar-refractivity contribution in [3.63, 3.8) is 0 Å². The molecule has 1 N–H and O–H groups in total. The predicted molar refractivity (Wildman–Crippen MR) is 295 cm³/mol. The Bertz CT molecular complexity index is 3750. The lowest BCUT2D eigenvalue weighted by atomic mass is 9.85. The van der Waals surface area contributed by atoms with Crippen molar-refractivity contribution in [1.82, 2.24) is 14.5 Å². The second-order valence-electron chi connectivity index (χ2n) is 19.9. The van der Waals surface area contributed by atoms with Gasteiger partial charge in [0.2, 0.25) is 0 Å². The quantitative estimate of drug-likeness (QED) is 0.149. The summed E-state index contributed by atoms with van der Waals surface area (Å²) >= 11 is 0. The Morgan fingerprint density at radius 3 is 1.86 bits per heavy atom. The van der Waals surface area contributed by atoms with Gasteiger partial charge in [-0.15, -0.1) is 0 Å². The molecule has 0 saturated carbocycles. The van der Waals surface area contributed by atoms with Gasteiger partial charge in [0.15, 0.2) is 0 Å². The maximum atomic E-state index is 12.6. The maximum absolute atomic E-state index is 12.6. The van der Waals surface area contributed by atoms with Crippen molar-refractivity contribution in [1.29, 1.82) is 0 Å². The minimum absolute atomic E-state index is 0.00268. The molecule has 70 heavy (non-hydrogen) atoms. The van der Waals surface area contributed by atoms with E-state index in [1.807, 2.05) is 80.6 Å². The molecule has 10 rings (SSSR count). The number of nitrogens with zero attached hydrogens (tertiary/aromatic N) is 3. The Labute approximate surface area is 421 Å². The SMILES string of the molecule is [2H]C([2H])([2H])c1ccc(-c2ccnc(-c3cc(-c4ccccc4)cc(-c4cccc5c4nc(-c4cc(C([2H])(C)C)cc(C([2H])(C)C)c4O)n5-c4cc(C)c(-c5ccc(C(C)(C)C)cc5)cc4-c4ccccc4)c3)c2)cc1. The number of hydrogen-bond acceptors (Lipinski definition) is 3. The number of phenolic OH excluding ortho intramolecular Hbond substituents is 1. The first-order chi connectivity index (χ1) is 35.5. The maximum Gasteiger partial charge on any atom is 0.149 e. The van der Waals surface area contributed by atoms with Crippen molar-refractivity contribution < 1.29 is 12.0 Å². The summed E-state index contributed by atoms with van der Waals surface area (Å²) in [5.74, 6) is -1.86. The van der Waals surface area contributed by atoms with Crippen molar-refractivity contribution in [3.05, 3.63) is 216 Å². The third-order valence-corrected chi connectivity index (χ3v) is 13.5. The summed E-state index contributed by atoms with van der Waals surface area (Å²) in [6, 6.07) is 61.3. The molecule has 10 aromatic rings. The number of imidazole rings is 1. The minimum Gasteiger partial charge on any atom is -0.507 e. The second-order valence-corrected chi connectivity index (χ2v) is 19.9. The van der Waals surface area contributed by atoms with Crippen molar-refractivity contribution in [3.8, 4) is 89.7 Å². The van der Waals surface area contributed by atoms with Crippen molar-refractivity contribution >= 4 is 11.0 Å². The Morgan fingerprint density at radius 1 is 0.543 bits per heavy atom. The smallest absolute Gasteiger partial charge is 0.149 e. The Balaban J connectivity index is 1.26. The molecule has 0 atom stereocenters. The van der Waals surface area contributed by atoms with Crippen LogP contribution in [0.15, 0.2) is 188 Å². The number of benzene rings is 8. The molecule has 4 nitrogen and oxygen atoms in total. The number of phenols is 1. The molecule has 0 aliphatic carbocycles. The highest BCUT2D eigenvalue weighted by Crippen LogP contribution is 2.45. The van der Waals surface area contributed by atoms with Crippen LogP contribution in [0.2, 0.25) is 0 Å². The van der Waals surface area contributed by atoms with Crippen molar-refractivity contribution in [2.24, 2.45) is 0 Å². The lowest BCUT2D eigenvalue weighted by Crippen LogP contribution is -2.10. The van der Waals surface area contributed by atoms with E-state index in [1.165, 1.54) is 5.56 Å². The Morgan fingerprint density at radius 2 is 1.19 bits per heavy atom. The van der Waals surface area contributed by atoms with E-state index in [2.05, 4.69) is 129 Å². The van der Waals surface area contributed by atoms with Gasteiger partial charge in [-0.3, -0.25) is 9.55 Å². The average Bonchev–Trinajstić information content (AvgIpc) is 3.77. The molecule has 8 aromatic carbocycles. The molecule has 0 amide bonds. The van der Waals surface area contributed by atoms with Crippen molar-refractivity contribution in [2.75, 3.05) is 0 Å². The zero-order chi connectivity index (χ0) is 53.2. The molecule has 0 spiro atoms. The van der Waals surface area contributed by atoms with Gasteiger partial charge in [0.1, 0.15) is 11.6 Å². The van der Waals surface area contributed by atoms with Crippen LogP contribution in [0.1, 0.15) is 94.9 Å². The number of pyridine rings is 1. The number of aromatic hydroxyl groups is 1. The first-order valence-corrected chi connectivity index (χ1v) is 24.0. The molecule has 2 aromatic heterocycles. The van der Waals surface area contributed by atoms with Crippen LogP contribution >= 0.6 is 0 Å². The van der Waals surface area contributed by atoms with Crippen LogP contribution in [0.25, 0.3) is 95.0 Å². The molecular formula is C66H61N3O. The van der Waals surface area contributed by atoms with Crippen molar-refractivity contribution in [2.45, 2.75) is 79.4 Å². The van der Waals surface area contributed by atoms with Crippen LogP contribution < -0.4 is 0 Å². The predicted octanol–water partition coefficient (Wildman–Crippen LogP) is 18.0. The molecule has 0 bridgehead atoms. The van der Waals surface area contributed by atoms with Gasteiger partial charge < -0.3 is 5.11 Å². The summed E-state index contributed by atoms with van der Waals surface area (Å²) in [4.78, 5) is 10.5. The standard InChI is InChI=1S/C66H61N3O/c1-41(2)50-37-56(42(3)4)64(70)59(38-50)65-68-63-55(52-34-51(45-17-12-10-13-18-45)35-53(36-52)60-39-49(31-32-67-60)46-25-23-43(5)24-26-46)21-16-22-61(63)69(65)62-33-44(6)57(40-58(62)47-19-14-11-15-20-47)48-27-29-54(30-28-48)66(7,8)9/h10-42,70H,1-9H3/i5D3,41D,42D. The highest BCUT2D eigenvalue weighted by Gasteiger charge is 2.26. The second kappa shape index (κ2) is 18.6. The summed E-state index contributed by atoms with van der Waals surface area (Å²) in [6.07, 6.45) is 1.79. The van der Waals surface area contributed by atoms with Gasteiger partial charge in [-0.1, -0.05) is 181 Å². The fourth-order valence-electron chi connectivity index (χ4n) is 9.58. The summed E-state index contributed by atoms with van der Waals surface area (Å²) in [6.45, 7) is 13.8. The zero-order valence-electron chi connectivity index (χ0n) is 46.2. The fraction of sp³-hybridized carbons (Fsp3) is 0.182. The highest BCUT2D eigenvalue weighted by atomic mass is 16.3. The topological polar surface area (TPSA) is 50.9 Å². The van der Waals surface area contributed by atoms with E-state index in [4.69, 9.17) is 14.1 Å². The van der Waals surface area contributed by atoms with Crippen LogP contribution in [-0.4, -0.2) is 19.6 Å². The molecule has 346 valence electrons. The molecule has 0 aliphatic rings. The normalized spacial score (nSPS) is 13.3. The van der Waals surface area contributed by atoms with Gasteiger partial charge in [0.05, 0.1) is 28.0 Å². The molecule has 0 unspecified atom stereocenters. The van der Waals surface area contributed by atoms with Gasteiger partial charge in [-0.2, -0.15) is 0 Å².